The Labute approximate surface area is 146 Å². The summed E-state index contributed by atoms with van der Waals surface area (Å²) in [7, 11) is 3.17. The van der Waals surface area contributed by atoms with Crippen LogP contribution in [-0.2, 0) is 13.0 Å². The molecular formula is C20H22N2O3. The predicted molar refractivity (Wildman–Crippen MR) is 101 cm³/mol. The van der Waals surface area contributed by atoms with Crippen molar-refractivity contribution in [2.24, 2.45) is 0 Å². The minimum atomic E-state index is -0.114. The topological polar surface area (TPSA) is 63.4 Å². The summed E-state index contributed by atoms with van der Waals surface area (Å²) in [6.45, 7) is 2.57. The molecule has 2 N–H and O–H groups in total. The summed E-state index contributed by atoms with van der Waals surface area (Å²) in [6.07, 6.45) is 1.01. The second-order valence-corrected chi connectivity index (χ2v) is 5.82. The molecular weight excluding hydrogens is 316 g/mol. The smallest absolute Gasteiger partial charge is 0.253 e. The highest BCUT2D eigenvalue weighted by molar-refractivity contribution is 5.83. The fourth-order valence-electron chi connectivity index (χ4n) is 2.77. The highest BCUT2D eigenvalue weighted by atomic mass is 16.5. The Hall–Kier alpha value is -2.95. The Bertz CT molecular complexity index is 930. The van der Waals surface area contributed by atoms with Gasteiger partial charge in [-0.2, -0.15) is 0 Å². The minimum absolute atomic E-state index is 0.114. The lowest BCUT2D eigenvalue weighted by molar-refractivity contribution is 0.356. The molecule has 2 aromatic carbocycles. The first-order valence-electron chi connectivity index (χ1n) is 8.25. The summed E-state index contributed by atoms with van der Waals surface area (Å²) >= 11 is 0. The molecule has 0 radical (unpaired) electrons. The fourth-order valence-corrected chi connectivity index (χ4v) is 2.77. The maximum atomic E-state index is 12.3. The molecule has 0 fully saturated rings. The third kappa shape index (κ3) is 3.60. The van der Waals surface area contributed by atoms with Crippen LogP contribution in [0, 0.1) is 0 Å². The number of nitrogens with one attached hydrogen (secondary N) is 2. The van der Waals surface area contributed by atoms with Gasteiger partial charge in [-0.3, -0.25) is 4.79 Å². The molecule has 0 saturated heterocycles. The number of benzene rings is 2. The van der Waals surface area contributed by atoms with Crippen molar-refractivity contribution < 1.29 is 9.47 Å². The second-order valence-electron chi connectivity index (χ2n) is 5.82. The number of anilines is 1. The molecule has 5 nitrogen and oxygen atoms in total. The molecule has 1 aromatic heterocycles. The van der Waals surface area contributed by atoms with Crippen LogP contribution in [0.15, 0.2) is 47.3 Å². The standard InChI is InChI=1S/C20H22N2O3/c1-4-13-5-7-16(8-6-13)21-12-15-9-14-10-18(24-2)19(25-3)11-17(14)22-20(15)23/h5-11,21H,4,12H2,1-3H3,(H,22,23). The van der Waals surface area contributed by atoms with Gasteiger partial charge in [0, 0.05) is 29.2 Å². The highest BCUT2D eigenvalue weighted by Gasteiger charge is 2.09. The number of H-pyrrole nitrogens is 1. The first-order valence-corrected chi connectivity index (χ1v) is 8.25. The van der Waals surface area contributed by atoms with Crippen LogP contribution in [-0.4, -0.2) is 19.2 Å². The summed E-state index contributed by atoms with van der Waals surface area (Å²) in [5.74, 6) is 1.23. The normalized spacial score (nSPS) is 10.7. The summed E-state index contributed by atoms with van der Waals surface area (Å²) in [4.78, 5) is 15.2. The van der Waals surface area contributed by atoms with Crippen LogP contribution in [0.3, 0.4) is 0 Å². The van der Waals surface area contributed by atoms with E-state index in [2.05, 4.69) is 29.4 Å². The fraction of sp³-hybridized carbons (Fsp3) is 0.250. The van der Waals surface area contributed by atoms with E-state index in [1.165, 1.54) is 5.56 Å². The van der Waals surface area contributed by atoms with Gasteiger partial charge in [-0.15, -0.1) is 0 Å². The molecule has 130 valence electrons. The van der Waals surface area contributed by atoms with E-state index in [-0.39, 0.29) is 5.56 Å². The van der Waals surface area contributed by atoms with E-state index >= 15 is 0 Å². The van der Waals surface area contributed by atoms with Crippen molar-refractivity contribution in [1.82, 2.24) is 4.98 Å². The molecule has 0 saturated carbocycles. The lowest BCUT2D eigenvalue weighted by Crippen LogP contribution is -2.15. The number of fused-ring (bicyclic) bond motifs is 1. The molecule has 1 heterocycles. The first kappa shape index (κ1) is 16.9. The van der Waals surface area contributed by atoms with Crippen LogP contribution in [0.2, 0.25) is 0 Å². The van der Waals surface area contributed by atoms with Crippen molar-refractivity contribution in [3.8, 4) is 11.5 Å². The molecule has 0 bridgehead atoms. The van der Waals surface area contributed by atoms with Gasteiger partial charge in [0.15, 0.2) is 11.5 Å². The molecule has 0 spiro atoms. The number of rotatable bonds is 6. The Morgan fingerprint density at radius 1 is 1.00 bits per heavy atom. The Kier molecular flexibility index (Phi) is 4.93. The van der Waals surface area contributed by atoms with E-state index in [1.54, 1.807) is 20.3 Å². The average molecular weight is 338 g/mol. The van der Waals surface area contributed by atoms with E-state index in [9.17, 15) is 4.79 Å². The predicted octanol–water partition coefficient (Wildman–Crippen LogP) is 3.72. The monoisotopic (exact) mass is 338 g/mol. The molecule has 3 aromatic rings. The van der Waals surface area contributed by atoms with Gasteiger partial charge in [-0.25, -0.2) is 0 Å². The van der Waals surface area contributed by atoms with Crippen molar-refractivity contribution in [2.75, 3.05) is 19.5 Å². The van der Waals surface area contributed by atoms with Crippen LogP contribution in [0.4, 0.5) is 5.69 Å². The summed E-state index contributed by atoms with van der Waals surface area (Å²) < 4.78 is 10.6. The molecule has 0 aliphatic carbocycles. The number of methoxy groups -OCH3 is 2. The quantitative estimate of drug-likeness (QED) is 0.719. The van der Waals surface area contributed by atoms with Gasteiger partial charge >= 0.3 is 0 Å². The second kappa shape index (κ2) is 7.30. The van der Waals surface area contributed by atoms with Crippen LogP contribution in [0.25, 0.3) is 10.9 Å². The van der Waals surface area contributed by atoms with E-state index in [0.717, 1.165) is 23.0 Å². The molecule has 3 rings (SSSR count). The van der Waals surface area contributed by atoms with E-state index < -0.39 is 0 Å². The number of pyridine rings is 1. The summed E-state index contributed by atoms with van der Waals surface area (Å²) in [6, 6.07) is 13.8. The minimum Gasteiger partial charge on any atom is -0.493 e. The van der Waals surface area contributed by atoms with Gasteiger partial charge in [-0.1, -0.05) is 19.1 Å². The molecule has 0 amide bonds. The Morgan fingerprint density at radius 2 is 1.68 bits per heavy atom. The van der Waals surface area contributed by atoms with Crippen LogP contribution in [0.1, 0.15) is 18.1 Å². The molecule has 0 aliphatic rings. The van der Waals surface area contributed by atoms with Crippen molar-refractivity contribution in [2.45, 2.75) is 19.9 Å². The maximum absolute atomic E-state index is 12.3. The van der Waals surface area contributed by atoms with Gasteiger partial charge in [0.25, 0.3) is 5.56 Å². The van der Waals surface area contributed by atoms with Crippen LogP contribution in [0.5, 0.6) is 11.5 Å². The molecule has 0 aliphatic heterocycles. The zero-order valence-corrected chi connectivity index (χ0v) is 14.7. The number of ether oxygens (including phenoxy) is 2. The zero-order valence-electron chi connectivity index (χ0n) is 14.7. The van der Waals surface area contributed by atoms with Crippen LogP contribution >= 0.6 is 0 Å². The van der Waals surface area contributed by atoms with Crippen molar-refractivity contribution in [3.63, 3.8) is 0 Å². The van der Waals surface area contributed by atoms with Gasteiger partial charge in [0.1, 0.15) is 0 Å². The van der Waals surface area contributed by atoms with Gasteiger partial charge < -0.3 is 19.8 Å². The maximum Gasteiger partial charge on any atom is 0.253 e. The molecule has 0 unspecified atom stereocenters. The van der Waals surface area contributed by atoms with Crippen molar-refractivity contribution in [3.05, 3.63) is 63.9 Å². The third-order valence-electron chi connectivity index (χ3n) is 4.27. The van der Waals surface area contributed by atoms with Crippen molar-refractivity contribution >= 4 is 16.6 Å². The summed E-state index contributed by atoms with van der Waals surface area (Å²) in [5, 5.41) is 4.19. The molecule has 25 heavy (non-hydrogen) atoms. The van der Waals surface area contributed by atoms with E-state index in [1.807, 2.05) is 24.3 Å². The van der Waals surface area contributed by atoms with Gasteiger partial charge in [0.05, 0.1) is 19.7 Å². The number of aromatic amines is 1. The third-order valence-corrected chi connectivity index (χ3v) is 4.27. The Balaban J connectivity index is 1.87. The lowest BCUT2D eigenvalue weighted by atomic mass is 10.1. The largest absolute Gasteiger partial charge is 0.493 e. The van der Waals surface area contributed by atoms with E-state index in [4.69, 9.17) is 9.47 Å². The van der Waals surface area contributed by atoms with Crippen molar-refractivity contribution in [1.29, 1.82) is 0 Å². The zero-order chi connectivity index (χ0) is 17.8. The molecule has 0 atom stereocenters. The van der Waals surface area contributed by atoms with Gasteiger partial charge in [0.2, 0.25) is 0 Å². The SMILES string of the molecule is CCc1ccc(NCc2cc3cc(OC)c(OC)cc3[nH]c2=O)cc1. The number of hydrogen-bond acceptors (Lipinski definition) is 4. The number of aromatic nitrogens is 1. The average Bonchev–Trinajstić information content (AvgIpc) is 2.65. The van der Waals surface area contributed by atoms with Gasteiger partial charge in [-0.05, 0) is 36.2 Å². The van der Waals surface area contributed by atoms with E-state index in [0.29, 0.717) is 23.6 Å². The summed E-state index contributed by atoms with van der Waals surface area (Å²) in [5.41, 5.74) is 3.55. The molecule has 5 heteroatoms. The highest BCUT2D eigenvalue weighted by Crippen LogP contribution is 2.31. The number of aryl methyl sites for hydroxylation is 1. The van der Waals surface area contributed by atoms with Crippen LogP contribution < -0.4 is 20.3 Å². The first-order chi connectivity index (χ1) is 12.1. The lowest BCUT2D eigenvalue weighted by Gasteiger charge is -2.11. The number of hydrogen-bond donors (Lipinski definition) is 2. The Morgan fingerprint density at radius 3 is 2.32 bits per heavy atom.